The molecule has 2 aliphatic heterocycles. The largest absolute Gasteiger partial charge is 0.494 e. The lowest BCUT2D eigenvalue weighted by atomic mass is 9.79. The van der Waals surface area contributed by atoms with E-state index in [4.69, 9.17) is 14.3 Å². The number of H-pyrrole nitrogens is 1. The lowest BCUT2D eigenvalue weighted by molar-refractivity contribution is -0.134. The number of rotatable bonds is 5. The molecular weight excluding hydrogens is 423 g/mol. The highest BCUT2D eigenvalue weighted by molar-refractivity contribution is 6.62. The van der Waals surface area contributed by atoms with Crippen LogP contribution in [-0.4, -0.2) is 64.9 Å². The van der Waals surface area contributed by atoms with Gasteiger partial charge in [-0.05, 0) is 64.6 Å². The number of methoxy groups -OCH3 is 1. The van der Waals surface area contributed by atoms with Crippen molar-refractivity contribution in [2.45, 2.75) is 77.2 Å². The first-order valence-electron chi connectivity index (χ1n) is 11.6. The number of likely N-dealkylation sites (tertiary alicyclic amines) is 1. The smallest absolute Gasteiger partial charge is 0.453 e. The topological polar surface area (TPSA) is 106 Å². The lowest BCUT2D eigenvalue weighted by Crippen LogP contribution is -2.48. The van der Waals surface area contributed by atoms with Crippen molar-refractivity contribution in [1.29, 1.82) is 0 Å². The van der Waals surface area contributed by atoms with Crippen molar-refractivity contribution < 1.29 is 23.6 Å². The van der Waals surface area contributed by atoms with E-state index in [1.165, 1.54) is 7.11 Å². The number of benzene rings is 1. The van der Waals surface area contributed by atoms with Gasteiger partial charge in [0.25, 0.3) is 0 Å². The molecule has 178 valence electrons. The van der Waals surface area contributed by atoms with E-state index >= 15 is 0 Å². The van der Waals surface area contributed by atoms with Gasteiger partial charge in [-0.2, -0.15) is 0 Å². The van der Waals surface area contributed by atoms with E-state index < -0.39 is 30.5 Å². The molecule has 2 fully saturated rings. The molecule has 2 N–H and O–H groups in total. The minimum Gasteiger partial charge on any atom is -0.453 e. The summed E-state index contributed by atoms with van der Waals surface area (Å²) >= 11 is 0. The van der Waals surface area contributed by atoms with Crippen molar-refractivity contribution in [2.75, 3.05) is 13.7 Å². The van der Waals surface area contributed by atoms with Crippen LogP contribution in [0.2, 0.25) is 0 Å². The summed E-state index contributed by atoms with van der Waals surface area (Å²) in [5.41, 5.74) is 1.79. The van der Waals surface area contributed by atoms with Gasteiger partial charge in [0.05, 0.1) is 35.4 Å². The molecule has 33 heavy (non-hydrogen) atoms. The zero-order valence-electron chi connectivity index (χ0n) is 20.2. The van der Waals surface area contributed by atoms with Crippen molar-refractivity contribution in [3.8, 4) is 0 Å². The van der Waals surface area contributed by atoms with Crippen molar-refractivity contribution in [3.63, 3.8) is 0 Å². The van der Waals surface area contributed by atoms with Crippen LogP contribution in [0.4, 0.5) is 4.79 Å². The number of alkyl carbamates (subject to hydrolysis) is 1. The summed E-state index contributed by atoms with van der Waals surface area (Å²) in [6.07, 6.45) is 1.56. The third-order valence-electron chi connectivity index (χ3n) is 7.08. The lowest BCUT2D eigenvalue weighted by Gasteiger charge is -2.32. The Bertz CT molecular complexity index is 1040. The fourth-order valence-corrected chi connectivity index (χ4v) is 4.39. The Hall–Kier alpha value is -2.59. The summed E-state index contributed by atoms with van der Waals surface area (Å²) in [6.45, 7) is 10.6. The zero-order chi connectivity index (χ0) is 24.0. The number of aromatic amines is 1. The van der Waals surface area contributed by atoms with Gasteiger partial charge in [0.1, 0.15) is 11.9 Å². The van der Waals surface area contributed by atoms with Crippen molar-refractivity contribution in [1.82, 2.24) is 20.2 Å². The Morgan fingerprint density at radius 2 is 2.00 bits per heavy atom. The van der Waals surface area contributed by atoms with E-state index in [1.807, 2.05) is 52.8 Å². The van der Waals surface area contributed by atoms with Crippen molar-refractivity contribution >= 4 is 35.6 Å². The fourth-order valence-electron chi connectivity index (χ4n) is 4.39. The molecule has 2 atom stereocenters. The second kappa shape index (κ2) is 8.64. The van der Waals surface area contributed by atoms with Crippen LogP contribution in [0.1, 0.15) is 65.7 Å². The quantitative estimate of drug-likeness (QED) is 0.671. The Labute approximate surface area is 194 Å². The number of ether oxygens (including phenoxy) is 1. The number of nitrogens with one attached hydrogen (secondary N) is 2. The average Bonchev–Trinajstić information content (AvgIpc) is 3.46. The first-order chi connectivity index (χ1) is 15.6. The number of hydrogen-bond donors (Lipinski definition) is 2. The van der Waals surface area contributed by atoms with Gasteiger partial charge in [0.2, 0.25) is 5.91 Å². The van der Waals surface area contributed by atoms with E-state index in [9.17, 15) is 9.59 Å². The first-order valence-corrected chi connectivity index (χ1v) is 11.6. The monoisotopic (exact) mass is 456 g/mol. The molecule has 2 aliphatic rings. The van der Waals surface area contributed by atoms with E-state index in [0.717, 1.165) is 35.2 Å². The average molecular weight is 456 g/mol. The van der Waals surface area contributed by atoms with Crippen LogP contribution in [0.3, 0.4) is 0 Å². The maximum Gasteiger partial charge on any atom is 0.494 e. The highest BCUT2D eigenvalue weighted by Crippen LogP contribution is 2.37. The summed E-state index contributed by atoms with van der Waals surface area (Å²) in [4.78, 5) is 34.8. The van der Waals surface area contributed by atoms with Gasteiger partial charge in [0.15, 0.2) is 0 Å². The standard InChI is InChI=1S/C23H33BN4O5/c1-7-15(27-21(30)31-6)20(29)28-12-8-9-18(28)19-25-16-11-10-14(13-17(16)26-19)24-32-22(2,3)23(4,5)33-24/h10-11,13,15,18H,7-9,12H2,1-6H3,(H,25,26)(H,27,30). The number of imidazole rings is 1. The fraction of sp³-hybridized carbons (Fsp3) is 0.609. The van der Waals surface area contributed by atoms with Gasteiger partial charge in [0, 0.05) is 6.54 Å². The number of carbonyl (C=O) groups excluding carboxylic acids is 2. The number of carbonyl (C=O) groups is 2. The number of hydrogen-bond acceptors (Lipinski definition) is 6. The number of fused-ring (bicyclic) bond motifs is 1. The van der Waals surface area contributed by atoms with Crippen LogP contribution in [0.25, 0.3) is 11.0 Å². The molecule has 3 heterocycles. The van der Waals surface area contributed by atoms with E-state index in [-0.39, 0.29) is 11.9 Å². The third kappa shape index (κ3) is 4.33. The van der Waals surface area contributed by atoms with Gasteiger partial charge in [-0.1, -0.05) is 13.0 Å². The predicted molar refractivity (Wildman–Crippen MR) is 125 cm³/mol. The van der Waals surface area contributed by atoms with Crippen LogP contribution in [0.5, 0.6) is 0 Å². The van der Waals surface area contributed by atoms with Crippen molar-refractivity contribution in [3.05, 3.63) is 24.0 Å². The first kappa shape index (κ1) is 23.6. The molecule has 2 saturated heterocycles. The highest BCUT2D eigenvalue weighted by Gasteiger charge is 2.51. The minimum absolute atomic E-state index is 0.122. The van der Waals surface area contributed by atoms with Gasteiger partial charge in [-0.15, -0.1) is 0 Å². The Balaban J connectivity index is 1.56. The number of amides is 2. The predicted octanol–water partition coefficient (Wildman–Crippen LogP) is 2.66. The number of aromatic nitrogens is 2. The molecule has 0 saturated carbocycles. The van der Waals surface area contributed by atoms with Crippen LogP contribution < -0.4 is 10.8 Å². The van der Waals surface area contributed by atoms with E-state index in [1.54, 1.807) is 4.90 Å². The van der Waals surface area contributed by atoms with Gasteiger partial charge in [-0.3, -0.25) is 4.79 Å². The maximum atomic E-state index is 13.2. The van der Waals surface area contributed by atoms with Gasteiger partial charge < -0.3 is 29.2 Å². The molecule has 2 amide bonds. The molecule has 10 heteroatoms. The summed E-state index contributed by atoms with van der Waals surface area (Å²) in [6, 6.07) is 5.13. The summed E-state index contributed by atoms with van der Waals surface area (Å²) in [7, 11) is 0.836. The molecule has 1 aromatic heterocycles. The Kier molecular flexibility index (Phi) is 6.17. The molecule has 2 unspecified atom stereocenters. The Morgan fingerprint density at radius 3 is 2.64 bits per heavy atom. The van der Waals surface area contributed by atoms with Crippen LogP contribution >= 0.6 is 0 Å². The molecule has 2 aromatic rings. The summed E-state index contributed by atoms with van der Waals surface area (Å²) in [5, 5.41) is 2.63. The minimum atomic E-state index is -0.627. The number of nitrogens with zero attached hydrogens (tertiary/aromatic N) is 2. The van der Waals surface area contributed by atoms with Gasteiger partial charge in [-0.25, -0.2) is 9.78 Å². The van der Waals surface area contributed by atoms with E-state index in [2.05, 4.69) is 15.0 Å². The molecule has 9 nitrogen and oxygen atoms in total. The normalized spacial score (nSPS) is 22.5. The maximum absolute atomic E-state index is 13.2. The molecule has 0 aliphatic carbocycles. The summed E-state index contributed by atoms with van der Waals surface area (Å²) < 4.78 is 17.0. The molecule has 1 aromatic carbocycles. The molecule has 0 radical (unpaired) electrons. The van der Waals surface area contributed by atoms with Crippen LogP contribution in [-0.2, 0) is 18.8 Å². The summed E-state index contributed by atoms with van der Waals surface area (Å²) in [5.74, 6) is 0.624. The highest BCUT2D eigenvalue weighted by atomic mass is 16.7. The van der Waals surface area contributed by atoms with Crippen molar-refractivity contribution in [2.24, 2.45) is 0 Å². The zero-order valence-corrected chi connectivity index (χ0v) is 20.2. The molecular formula is C23H33BN4O5. The van der Waals surface area contributed by atoms with Crippen LogP contribution in [0, 0.1) is 0 Å². The van der Waals surface area contributed by atoms with Gasteiger partial charge >= 0.3 is 13.2 Å². The SMILES string of the molecule is CCC(NC(=O)OC)C(=O)N1CCCC1c1nc2ccc(B3OC(C)(C)C(C)(C)O3)cc2[nH]1. The molecule has 4 rings (SSSR count). The second-order valence-electron chi connectivity index (χ2n) is 9.77. The molecule has 0 bridgehead atoms. The van der Waals surface area contributed by atoms with E-state index in [0.29, 0.717) is 13.0 Å². The Morgan fingerprint density at radius 1 is 1.30 bits per heavy atom. The third-order valence-corrected chi connectivity index (χ3v) is 7.08. The van der Waals surface area contributed by atoms with Crippen LogP contribution in [0.15, 0.2) is 18.2 Å². The second-order valence-corrected chi connectivity index (χ2v) is 9.77. The molecule has 0 spiro atoms.